The molecule has 0 amide bonds. The Morgan fingerprint density at radius 1 is 1.00 bits per heavy atom. The molecular weight excluding hydrogens is 289 g/mol. The summed E-state index contributed by atoms with van der Waals surface area (Å²) in [5.74, 6) is 1.98. The Morgan fingerprint density at radius 2 is 1.81 bits per heavy atom. The predicted octanol–water partition coefficient (Wildman–Crippen LogP) is 3.35. The van der Waals surface area contributed by atoms with Crippen LogP contribution in [-0.2, 0) is 12.3 Å². The minimum Gasteiger partial charge on any atom is -0.486 e. The maximum Gasteiger partial charge on any atom is 0.162 e. The van der Waals surface area contributed by atoms with E-state index in [0.29, 0.717) is 25.5 Å². The Hall–Kier alpha value is -1.72. The number of benzene rings is 2. The summed E-state index contributed by atoms with van der Waals surface area (Å²) in [7, 11) is 0. The topological polar surface area (TPSA) is 44.5 Å². The first-order chi connectivity index (χ1) is 10.3. The molecule has 1 heterocycles. The zero-order chi connectivity index (χ0) is 14.7. The lowest BCUT2D eigenvalue weighted by Gasteiger charge is -2.18. The van der Waals surface area contributed by atoms with Gasteiger partial charge < -0.3 is 15.2 Å². The van der Waals surface area contributed by atoms with Gasteiger partial charge in [-0.05, 0) is 41.5 Å². The van der Waals surface area contributed by atoms with Crippen molar-refractivity contribution in [1.82, 2.24) is 0 Å². The van der Waals surface area contributed by atoms with Gasteiger partial charge in [-0.15, -0.1) is 11.8 Å². The van der Waals surface area contributed by atoms with Gasteiger partial charge in [-0.1, -0.05) is 6.07 Å². The molecule has 0 bridgehead atoms. The number of ether oxygens (including phenoxy) is 2. The molecule has 0 radical (unpaired) electrons. The van der Waals surface area contributed by atoms with Gasteiger partial charge in [0.15, 0.2) is 11.5 Å². The largest absolute Gasteiger partial charge is 0.486 e. The molecule has 1 aliphatic heterocycles. The van der Waals surface area contributed by atoms with Crippen molar-refractivity contribution in [3.8, 4) is 11.5 Å². The normalized spacial score (nSPS) is 13.2. The van der Waals surface area contributed by atoms with E-state index in [4.69, 9.17) is 15.2 Å². The van der Waals surface area contributed by atoms with Crippen molar-refractivity contribution in [2.75, 3.05) is 13.2 Å². The van der Waals surface area contributed by atoms with Crippen LogP contribution >= 0.6 is 11.8 Å². The van der Waals surface area contributed by atoms with Crippen LogP contribution in [0.3, 0.4) is 0 Å². The fourth-order valence-electron chi connectivity index (χ4n) is 2.20. The van der Waals surface area contributed by atoms with Gasteiger partial charge in [-0.2, -0.15) is 0 Å². The summed E-state index contributed by atoms with van der Waals surface area (Å²) >= 11 is 1.63. The quantitative estimate of drug-likeness (QED) is 0.880. The number of hydrogen-bond acceptors (Lipinski definition) is 4. The summed E-state index contributed by atoms with van der Waals surface area (Å²) in [6.45, 7) is 1.57. The third-order valence-electron chi connectivity index (χ3n) is 3.30. The van der Waals surface area contributed by atoms with E-state index < -0.39 is 0 Å². The van der Waals surface area contributed by atoms with E-state index in [0.717, 1.165) is 27.5 Å². The van der Waals surface area contributed by atoms with Crippen LogP contribution in [-0.4, -0.2) is 13.2 Å². The zero-order valence-corrected chi connectivity index (χ0v) is 12.3. The van der Waals surface area contributed by atoms with Crippen molar-refractivity contribution in [2.24, 2.45) is 5.73 Å². The Balaban J connectivity index is 1.74. The van der Waals surface area contributed by atoms with Crippen molar-refractivity contribution in [1.29, 1.82) is 0 Å². The summed E-state index contributed by atoms with van der Waals surface area (Å²) < 4.78 is 24.4. The average molecular weight is 305 g/mol. The molecule has 21 heavy (non-hydrogen) atoms. The average Bonchev–Trinajstić information content (AvgIpc) is 2.53. The summed E-state index contributed by atoms with van der Waals surface area (Å²) in [4.78, 5) is 1.06. The molecule has 5 heteroatoms. The second-order valence-corrected chi connectivity index (χ2v) is 5.76. The number of halogens is 1. The molecule has 110 valence electrons. The molecule has 2 aromatic carbocycles. The zero-order valence-electron chi connectivity index (χ0n) is 11.5. The molecule has 0 fully saturated rings. The van der Waals surface area contributed by atoms with Gasteiger partial charge in [-0.25, -0.2) is 4.39 Å². The van der Waals surface area contributed by atoms with Gasteiger partial charge in [0.25, 0.3) is 0 Å². The monoisotopic (exact) mass is 305 g/mol. The molecule has 0 spiro atoms. The summed E-state index contributed by atoms with van der Waals surface area (Å²) in [6.07, 6.45) is 0. The van der Waals surface area contributed by atoms with E-state index in [1.165, 1.54) is 6.07 Å². The van der Waals surface area contributed by atoms with Crippen LogP contribution in [0.1, 0.15) is 11.1 Å². The molecule has 0 atom stereocenters. The second-order valence-electron chi connectivity index (χ2n) is 4.71. The van der Waals surface area contributed by atoms with Crippen molar-refractivity contribution >= 4 is 11.8 Å². The predicted molar refractivity (Wildman–Crippen MR) is 81.3 cm³/mol. The maximum absolute atomic E-state index is 13.3. The van der Waals surface area contributed by atoms with E-state index >= 15 is 0 Å². The molecule has 0 unspecified atom stereocenters. The Bertz CT molecular complexity index is 648. The van der Waals surface area contributed by atoms with Crippen molar-refractivity contribution in [3.05, 3.63) is 53.3 Å². The summed E-state index contributed by atoms with van der Waals surface area (Å²) in [5.41, 5.74) is 7.59. The molecule has 3 nitrogen and oxygen atoms in total. The highest BCUT2D eigenvalue weighted by Gasteiger charge is 2.12. The first-order valence-corrected chi connectivity index (χ1v) is 7.74. The summed E-state index contributed by atoms with van der Waals surface area (Å²) in [6, 6.07) is 10.6. The molecule has 3 rings (SSSR count). The first kappa shape index (κ1) is 14.2. The Morgan fingerprint density at radius 3 is 2.62 bits per heavy atom. The van der Waals surface area contributed by atoms with Crippen LogP contribution < -0.4 is 15.2 Å². The second kappa shape index (κ2) is 6.37. The lowest BCUT2D eigenvalue weighted by molar-refractivity contribution is 0.171. The standard InChI is InChI=1S/C16H16FNO2S/c17-13-2-1-11(9-18)12(7-13)10-21-14-3-4-15-16(8-14)20-6-5-19-15/h1-4,7-8H,5-6,9-10,18H2. The summed E-state index contributed by atoms with van der Waals surface area (Å²) in [5, 5.41) is 0. The lowest BCUT2D eigenvalue weighted by atomic mass is 10.1. The molecular formula is C16H16FNO2S. The number of thioether (sulfide) groups is 1. The van der Waals surface area contributed by atoms with E-state index in [1.54, 1.807) is 23.9 Å². The molecule has 0 saturated heterocycles. The maximum atomic E-state index is 13.3. The van der Waals surface area contributed by atoms with Crippen molar-refractivity contribution in [3.63, 3.8) is 0 Å². The highest BCUT2D eigenvalue weighted by atomic mass is 32.2. The van der Waals surface area contributed by atoms with Crippen LogP contribution in [0.5, 0.6) is 11.5 Å². The van der Waals surface area contributed by atoms with Crippen molar-refractivity contribution in [2.45, 2.75) is 17.2 Å². The molecule has 0 aromatic heterocycles. The van der Waals surface area contributed by atoms with E-state index in [-0.39, 0.29) is 5.82 Å². The number of fused-ring (bicyclic) bond motifs is 1. The lowest BCUT2D eigenvalue weighted by Crippen LogP contribution is -2.15. The van der Waals surface area contributed by atoms with Crippen LogP contribution in [0.2, 0.25) is 0 Å². The number of nitrogens with two attached hydrogens (primary N) is 1. The van der Waals surface area contributed by atoms with Crippen molar-refractivity contribution < 1.29 is 13.9 Å². The van der Waals surface area contributed by atoms with Gasteiger partial charge in [0.1, 0.15) is 19.0 Å². The molecule has 2 aromatic rings. The Kier molecular flexibility index (Phi) is 4.31. The van der Waals surface area contributed by atoms with Gasteiger partial charge in [0.05, 0.1) is 0 Å². The fraction of sp³-hybridized carbons (Fsp3) is 0.250. The molecule has 0 saturated carbocycles. The molecule has 2 N–H and O–H groups in total. The first-order valence-electron chi connectivity index (χ1n) is 6.76. The third-order valence-corrected chi connectivity index (χ3v) is 4.34. The van der Waals surface area contributed by atoms with Gasteiger partial charge in [0, 0.05) is 17.2 Å². The van der Waals surface area contributed by atoms with Crippen LogP contribution in [0.4, 0.5) is 4.39 Å². The third kappa shape index (κ3) is 3.31. The smallest absolute Gasteiger partial charge is 0.162 e. The van der Waals surface area contributed by atoms with E-state index in [1.807, 2.05) is 18.2 Å². The number of rotatable bonds is 4. The van der Waals surface area contributed by atoms with Crippen LogP contribution in [0.15, 0.2) is 41.3 Å². The fourth-order valence-corrected chi connectivity index (χ4v) is 3.15. The van der Waals surface area contributed by atoms with Gasteiger partial charge >= 0.3 is 0 Å². The minimum absolute atomic E-state index is 0.232. The highest BCUT2D eigenvalue weighted by molar-refractivity contribution is 7.98. The van der Waals surface area contributed by atoms with Gasteiger partial charge in [-0.3, -0.25) is 0 Å². The number of hydrogen-bond donors (Lipinski definition) is 1. The van der Waals surface area contributed by atoms with E-state index in [9.17, 15) is 4.39 Å². The van der Waals surface area contributed by atoms with E-state index in [2.05, 4.69) is 0 Å². The minimum atomic E-state index is -0.232. The highest BCUT2D eigenvalue weighted by Crippen LogP contribution is 2.35. The molecule has 1 aliphatic rings. The Labute approximate surface area is 127 Å². The molecule has 0 aliphatic carbocycles. The van der Waals surface area contributed by atoms with Gasteiger partial charge in [0.2, 0.25) is 0 Å². The van der Waals surface area contributed by atoms with Crippen LogP contribution in [0.25, 0.3) is 0 Å². The van der Waals surface area contributed by atoms with Crippen LogP contribution in [0, 0.1) is 5.82 Å². The SMILES string of the molecule is NCc1ccc(F)cc1CSc1ccc2c(c1)OCCO2.